The highest BCUT2D eigenvalue weighted by Gasteiger charge is 2.06. The number of methoxy groups -OCH3 is 1. The summed E-state index contributed by atoms with van der Waals surface area (Å²) in [6, 6.07) is 0.307. The van der Waals surface area contributed by atoms with Gasteiger partial charge in [-0.05, 0) is 13.8 Å². The van der Waals surface area contributed by atoms with E-state index in [9.17, 15) is 0 Å². The van der Waals surface area contributed by atoms with Crippen LogP contribution in [0.2, 0.25) is 0 Å². The van der Waals surface area contributed by atoms with Crippen LogP contribution in [0.5, 0.6) is 0 Å². The van der Waals surface area contributed by atoms with Gasteiger partial charge in [0, 0.05) is 38.0 Å². The zero-order chi connectivity index (χ0) is 12.5. The first kappa shape index (κ1) is 14.2. The maximum atomic E-state index is 5.38. The van der Waals surface area contributed by atoms with Gasteiger partial charge < -0.3 is 14.8 Å². The molecule has 0 saturated heterocycles. The van der Waals surface area contributed by atoms with E-state index in [0.29, 0.717) is 25.9 Å². The van der Waals surface area contributed by atoms with Gasteiger partial charge in [0.15, 0.2) is 0 Å². The Hall–Kier alpha value is -0.910. The highest BCUT2D eigenvalue weighted by Crippen LogP contribution is 2.10. The number of aromatic nitrogens is 2. The third kappa shape index (κ3) is 5.30. The van der Waals surface area contributed by atoms with Crippen molar-refractivity contribution in [3.05, 3.63) is 18.0 Å². The fraction of sp³-hybridized carbons (Fsp3) is 0.750. The lowest BCUT2D eigenvalue weighted by molar-refractivity contribution is 0.0712. The van der Waals surface area contributed by atoms with Crippen molar-refractivity contribution in [1.82, 2.24) is 15.1 Å². The van der Waals surface area contributed by atoms with E-state index >= 15 is 0 Å². The second kappa shape index (κ2) is 8.22. The van der Waals surface area contributed by atoms with E-state index in [2.05, 4.69) is 30.5 Å². The Morgan fingerprint density at radius 2 is 2.24 bits per heavy atom. The molecule has 0 bridgehead atoms. The molecule has 0 aliphatic rings. The van der Waals surface area contributed by atoms with Crippen molar-refractivity contribution in [2.45, 2.75) is 26.4 Å². The lowest BCUT2D eigenvalue weighted by Gasteiger charge is -2.11. The fourth-order valence-electron chi connectivity index (χ4n) is 1.49. The van der Waals surface area contributed by atoms with Gasteiger partial charge in [0.2, 0.25) is 0 Å². The summed E-state index contributed by atoms with van der Waals surface area (Å²) in [5.41, 5.74) is 1.21. The highest BCUT2D eigenvalue weighted by atomic mass is 16.5. The molecular formula is C12H23N3O2. The van der Waals surface area contributed by atoms with Gasteiger partial charge in [-0.3, -0.25) is 4.68 Å². The van der Waals surface area contributed by atoms with Crippen molar-refractivity contribution in [1.29, 1.82) is 0 Å². The van der Waals surface area contributed by atoms with Crippen molar-refractivity contribution in [2.24, 2.45) is 0 Å². The van der Waals surface area contributed by atoms with Crippen LogP contribution in [0.15, 0.2) is 12.4 Å². The average molecular weight is 241 g/mol. The predicted octanol–water partition coefficient (Wildman–Crippen LogP) is 1.22. The number of hydrogen-bond acceptors (Lipinski definition) is 4. The Bertz CT molecular complexity index is 302. The van der Waals surface area contributed by atoms with Gasteiger partial charge in [0.05, 0.1) is 26.0 Å². The molecule has 0 saturated carbocycles. The summed E-state index contributed by atoms with van der Waals surface area (Å²) in [6.07, 6.45) is 3.98. The van der Waals surface area contributed by atoms with Gasteiger partial charge in [-0.1, -0.05) is 0 Å². The van der Waals surface area contributed by atoms with Gasteiger partial charge >= 0.3 is 0 Å². The molecule has 0 amide bonds. The molecule has 0 fully saturated rings. The Morgan fingerprint density at radius 1 is 1.41 bits per heavy atom. The molecule has 0 aromatic carbocycles. The molecule has 0 spiro atoms. The van der Waals surface area contributed by atoms with E-state index in [1.165, 1.54) is 5.56 Å². The summed E-state index contributed by atoms with van der Waals surface area (Å²) in [5.74, 6) is 0. The summed E-state index contributed by atoms with van der Waals surface area (Å²) in [5, 5.41) is 7.65. The molecule has 0 aliphatic heterocycles. The minimum atomic E-state index is 0.307. The first-order valence-electron chi connectivity index (χ1n) is 6.10. The quantitative estimate of drug-likeness (QED) is 0.660. The van der Waals surface area contributed by atoms with Crippen LogP contribution < -0.4 is 5.32 Å². The molecule has 1 aromatic heterocycles. The van der Waals surface area contributed by atoms with Crippen molar-refractivity contribution in [3.8, 4) is 0 Å². The molecule has 0 aliphatic carbocycles. The number of nitrogens with zero attached hydrogens (tertiary/aromatic N) is 2. The van der Waals surface area contributed by atoms with Crippen LogP contribution in [-0.4, -0.2) is 43.3 Å². The number of ether oxygens (including phenoxy) is 2. The first-order chi connectivity index (χ1) is 8.27. The van der Waals surface area contributed by atoms with E-state index < -0.39 is 0 Å². The molecule has 1 heterocycles. The van der Waals surface area contributed by atoms with Gasteiger partial charge in [-0.25, -0.2) is 0 Å². The Kier molecular flexibility index (Phi) is 6.84. The zero-order valence-electron chi connectivity index (χ0n) is 11.0. The normalized spacial score (nSPS) is 12.9. The summed E-state index contributed by atoms with van der Waals surface area (Å²) >= 11 is 0. The highest BCUT2D eigenvalue weighted by molar-refractivity contribution is 5.08. The van der Waals surface area contributed by atoms with Crippen LogP contribution in [0.4, 0.5) is 0 Å². The van der Waals surface area contributed by atoms with E-state index in [-0.39, 0.29) is 0 Å². The van der Waals surface area contributed by atoms with Crippen LogP contribution >= 0.6 is 0 Å². The lowest BCUT2D eigenvalue weighted by Crippen LogP contribution is -2.23. The monoisotopic (exact) mass is 241 g/mol. The van der Waals surface area contributed by atoms with Crippen molar-refractivity contribution >= 4 is 0 Å². The number of aryl methyl sites for hydroxylation is 1. The smallest absolute Gasteiger partial charge is 0.0700 e. The fourth-order valence-corrected chi connectivity index (χ4v) is 1.49. The maximum Gasteiger partial charge on any atom is 0.0700 e. The second-order valence-corrected chi connectivity index (χ2v) is 3.91. The van der Waals surface area contributed by atoms with E-state index in [1.54, 1.807) is 7.11 Å². The minimum absolute atomic E-state index is 0.307. The molecule has 5 nitrogen and oxygen atoms in total. The van der Waals surface area contributed by atoms with Crippen molar-refractivity contribution in [3.63, 3.8) is 0 Å². The third-order valence-corrected chi connectivity index (χ3v) is 2.61. The topological polar surface area (TPSA) is 48.3 Å². The predicted molar refractivity (Wildman–Crippen MR) is 67.0 cm³/mol. The van der Waals surface area contributed by atoms with Crippen LogP contribution in [0.3, 0.4) is 0 Å². The van der Waals surface area contributed by atoms with Crippen molar-refractivity contribution in [2.75, 3.05) is 33.5 Å². The lowest BCUT2D eigenvalue weighted by atomic mass is 10.2. The Labute approximate surface area is 103 Å². The first-order valence-corrected chi connectivity index (χ1v) is 6.10. The largest absolute Gasteiger partial charge is 0.382 e. The number of hydrogen-bond donors (Lipinski definition) is 1. The summed E-state index contributed by atoms with van der Waals surface area (Å²) in [6.45, 7) is 7.97. The van der Waals surface area contributed by atoms with Crippen LogP contribution in [0, 0.1) is 0 Å². The molecule has 0 radical (unpaired) electrons. The van der Waals surface area contributed by atoms with E-state index in [4.69, 9.17) is 9.47 Å². The third-order valence-electron chi connectivity index (χ3n) is 2.61. The summed E-state index contributed by atoms with van der Waals surface area (Å²) in [7, 11) is 1.68. The molecule has 1 rings (SSSR count). The minimum Gasteiger partial charge on any atom is -0.382 e. The van der Waals surface area contributed by atoms with Gasteiger partial charge in [-0.15, -0.1) is 0 Å². The molecule has 1 N–H and O–H groups in total. The molecule has 5 heteroatoms. The van der Waals surface area contributed by atoms with Gasteiger partial charge in [0.25, 0.3) is 0 Å². The number of nitrogens with one attached hydrogen (secondary N) is 1. The molecule has 1 aromatic rings. The second-order valence-electron chi connectivity index (χ2n) is 3.91. The van der Waals surface area contributed by atoms with Gasteiger partial charge in [0.1, 0.15) is 0 Å². The standard InChI is InChI=1S/C12H23N3O2/c1-4-15-10-12(9-14-15)11(2)13-5-6-17-8-7-16-3/h9-11,13H,4-8H2,1-3H3. The molecule has 1 atom stereocenters. The van der Waals surface area contributed by atoms with Crippen LogP contribution in [-0.2, 0) is 16.0 Å². The van der Waals surface area contributed by atoms with Crippen molar-refractivity contribution < 1.29 is 9.47 Å². The Morgan fingerprint density at radius 3 is 2.88 bits per heavy atom. The molecule has 98 valence electrons. The summed E-state index contributed by atoms with van der Waals surface area (Å²) < 4.78 is 12.2. The van der Waals surface area contributed by atoms with E-state index in [0.717, 1.165) is 13.1 Å². The summed E-state index contributed by atoms with van der Waals surface area (Å²) in [4.78, 5) is 0. The number of rotatable bonds is 9. The van der Waals surface area contributed by atoms with E-state index in [1.807, 2.05) is 10.9 Å². The molecule has 1 unspecified atom stereocenters. The van der Waals surface area contributed by atoms with Crippen LogP contribution in [0.25, 0.3) is 0 Å². The van der Waals surface area contributed by atoms with Crippen LogP contribution in [0.1, 0.15) is 25.5 Å². The molecular weight excluding hydrogens is 218 g/mol. The average Bonchev–Trinajstić information content (AvgIpc) is 2.82. The zero-order valence-corrected chi connectivity index (χ0v) is 11.0. The molecule has 17 heavy (non-hydrogen) atoms. The van der Waals surface area contributed by atoms with Gasteiger partial charge in [-0.2, -0.15) is 5.10 Å². The Balaban J connectivity index is 2.14. The SMILES string of the molecule is CCn1cc(C(C)NCCOCCOC)cn1. The maximum absolute atomic E-state index is 5.38.